The van der Waals surface area contributed by atoms with Crippen molar-refractivity contribution in [3.63, 3.8) is 0 Å². The summed E-state index contributed by atoms with van der Waals surface area (Å²) in [6.07, 6.45) is 8.83. The molecule has 0 radical (unpaired) electrons. The molecule has 9 rings (SSSR count). The third-order valence-electron chi connectivity index (χ3n) is 11.8. The number of ether oxygens (including phenoxy) is 1. The fourth-order valence-electron chi connectivity index (χ4n) is 8.57. The highest BCUT2D eigenvalue weighted by molar-refractivity contribution is 6.05. The van der Waals surface area contributed by atoms with Gasteiger partial charge in [0.2, 0.25) is 17.7 Å². The summed E-state index contributed by atoms with van der Waals surface area (Å²) in [5, 5.41) is 10.2. The summed E-state index contributed by atoms with van der Waals surface area (Å²) in [5.74, 6) is 2.32. The van der Waals surface area contributed by atoms with E-state index in [1.807, 2.05) is 24.5 Å². The Morgan fingerprint density at radius 3 is 2.42 bits per heavy atom. The molecule has 2 aromatic heterocycles. The van der Waals surface area contributed by atoms with Gasteiger partial charge in [0.1, 0.15) is 12.3 Å². The van der Waals surface area contributed by atoms with Gasteiger partial charge in [-0.2, -0.15) is 0 Å². The van der Waals surface area contributed by atoms with Crippen LogP contribution < -0.4 is 30.5 Å². The highest BCUT2D eigenvalue weighted by Crippen LogP contribution is 2.36. The average Bonchev–Trinajstić information content (AvgIpc) is 3.22. The van der Waals surface area contributed by atoms with Crippen LogP contribution in [0.25, 0.3) is 22.0 Å². The number of hydrogen-bond donors (Lipinski definition) is 3. The lowest BCUT2D eigenvalue weighted by atomic mass is 9.88. The van der Waals surface area contributed by atoms with E-state index in [4.69, 9.17) is 9.72 Å². The van der Waals surface area contributed by atoms with Gasteiger partial charge in [-0.3, -0.25) is 15.0 Å². The quantitative estimate of drug-likeness (QED) is 0.152. The van der Waals surface area contributed by atoms with Gasteiger partial charge in [-0.1, -0.05) is 24.3 Å². The topological polar surface area (TPSA) is 128 Å². The second kappa shape index (κ2) is 15.2. The van der Waals surface area contributed by atoms with E-state index in [9.17, 15) is 9.59 Å². The van der Waals surface area contributed by atoms with Crippen LogP contribution in [0.1, 0.15) is 49.1 Å². The summed E-state index contributed by atoms with van der Waals surface area (Å²) in [4.78, 5) is 44.5. The molecule has 0 aliphatic carbocycles. The van der Waals surface area contributed by atoms with Gasteiger partial charge in [-0.15, -0.1) is 0 Å². The van der Waals surface area contributed by atoms with Gasteiger partial charge in [-0.05, 0) is 117 Å². The van der Waals surface area contributed by atoms with Crippen molar-refractivity contribution in [1.29, 1.82) is 0 Å². The van der Waals surface area contributed by atoms with Gasteiger partial charge < -0.3 is 25.2 Å². The first-order valence-corrected chi connectivity index (χ1v) is 19.6. The number of rotatable bonds is 8. The number of anilines is 5. The first kappa shape index (κ1) is 35.0. The Balaban J connectivity index is 0.750. The van der Waals surface area contributed by atoms with E-state index in [-0.39, 0.29) is 11.9 Å². The van der Waals surface area contributed by atoms with Gasteiger partial charge in [-0.25, -0.2) is 19.7 Å². The molecule has 0 spiro atoms. The van der Waals surface area contributed by atoms with Crippen LogP contribution in [0.15, 0.2) is 79.1 Å². The van der Waals surface area contributed by atoms with Crippen molar-refractivity contribution in [3.8, 4) is 17.0 Å². The van der Waals surface area contributed by atoms with Crippen LogP contribution >= 0.6 is 0 Å². The molecule has 3 fully saturated rings. The maximum Gasteiger partial charge on any atom is 0.328 e. The Kier molecular flexibility index (Phi) is 9.65. The third-order valence-corrected chi connectivity index (χ3v) is 11.8. The molecule has 0 bridgehead atoms. The van der Waals surface area contributed by atoms with Crippen molar-refractivity contribution in [3.05, 3.63) is 90.3 Å². The van der Waals surface area contributed by atoms with E-state index in [1.165, 1.54) is 43.5 Å². The maximum atomic E-state index is 12.2. The molecule has 3 aromatic carbocycles. The summed E-state index contributed by atoms with van der Waals surface area (Å²) < 4.78 is 5.72. The van der Waals surface area contributed by atoms with Gasteiger partial charge in [0.25, 0.3) is 0 Å². The van der Waals surface area contributed by atoms with Crippen molar-refractivity contribution >= 4 is 51.5 Å². The summed E-state index contributed by atoms with van der Waals surface area (Å²) in [6, 6.07) is 22.9. The summed E-state index contributed by atoms with van der Waals surface area (Å²) in [6.45, 7) is 9.47. The normalized spacial score (nSPS) is 18.4. The number of hydrogen-bond acceptors (Lipinski definition) is 10. The molecule has 5 aromatic rings. The smallest absolute Gasteiger partial charge is 0.328 e. The number of nitrogens with one attached hydrogen (secondary N) is 3. The zero-order valence-corrected chi connectivity index (χ0v) is 31.3. The maximum absolute atomic E-state index is 12.2. The molecule has 12 heteroatoms. The second-order valence-corrected chi connectivity index (χ2v) is 15.2. The molecule has 282 valence electrons. The minimum absolute atomic E-state index is 0.210. The highest BCUT2D eigenvalue weighted by atomic mass is 16.5. The average molecular weight is 738 g/mol. The lowest BCUT2D eigenvalue weighted by Crippen LogP contribution is -2.49. The van der Waals surface area contributed by atoms with Crippen LogP contribution in [0, 0.1) is 12.8 Å². The fraction of sp³-hybridized carbons (Fsp3) is 0.372. The molecule has 0 unspecified atom stereocenters. The van der Waals surface area contributed by atoms with E-state index in [1.54, 1.807) is 4.90 Å². The molecule has 12 nitrogen and oxygen atoms in total. The summed E-state index contributed by atoms with van der Waals surface area (Å²) >= 11 is 0. The molecule has 0 atom stereocenters. The standard InChI is InChI=1S/C43H47N9O3/c1-28-37(26-45-41-40(28)44-17-23-55-41)32-2-3-33-25-46-42(48-38(33)24-32)47-34-6-4-30(5-7-34)31-14-18-50(19-15-31)27-29-12-20-51(21-13-29)35-8-10-36(11-9-35)52-22-16-39(53)49-43(52)54/h2-11,24-26,29,31,44H,12-23,27H2,1H3,(H,46,47,48)(H,49,53,54). The van der Waals surface area contributed by atoms with Gasteiger partial charge in [0.05, 0.1) is 5.52 Å². The Bertz CT molecular complexity index is 2190. The number of carbonyl (C=O) groups excluding carboxylic acids is 2. The first-order valence-electron chi connectivity index (χ1n) is 19.6. The monoisotopic (exact) mass is 737 g/mol. The lowest BCUT2D eigenvalue weighted by Gasteiger charge is -2.38. The Hall–Kier alpha value is -5.75. The molecule has 0 saturated carbocycles. The van der Waals surface area contributed by atoms with E-state index < -0.39 is 0 Å². The zero-order valence-electron chi connectivity index (χ0n) is 31.3. The number of carbonyl (C=O) groups is 2. The number of imide groups is 1. The Morgan fingerprint density at radius 2 is 1.64 bits per heavy atom. The number of amides is 3. The van der Waals surface area contributed by atoms with Crippen molar-refractivity contribution in [2.75, 3.05) is 72.9 Å². The number of nitrogens with zero attached hydrogens (tertiary/aromatic N) is 6. The molecular weight excluding hydrogens is 691 g/mol. The van der Waals surface area contributed by atoms with Crippen LogP contribution in [-0.2, 0) is 4.79 Å². The van der Waals surface area contributed by atoms with Crippen molar-refractivity contribution in [2.45, 2.75) is 44.9 Å². The van der Waals surface area contributed by atoms with Crippen LogP contribution in [0.2, 0.25) is 0 Å². The zero-order chi connectivity index (χ0) is 37.3. The molecule has 3 amide bonds. The predicted molar refractivity (Wildman–Crippen MR) is 217 cm³/mol. The van der Waals surface area contributed by atoms with Gasteiger partial charge >= 0.3 is 6.03 Å². The first-order chi connectivity index (χ1) is 26.9. The molecule has 55 heavy (non-hydrogen) atoms. The third kappa shape index (κ3) is 7.51. The van der Waals surface area contributed by atoms with E-state index >= 15 is 0 Å². The second-order valence-electron chi connectivity index (χ2n) is 15.2. The number of benzene rings is 3. The van der Waals surface area contributed by atoms with Crippen molar-refractivity contribution < 1.29 is 14.3 Å². The SMILES string of the molecule is Cc1c(-c2ccc3cnc(Nc4ccc(C5CCN(CC6CCN(c7ccc(N8CCC(=O)NC8=O)cc7)CC6)CC5)cc4)nc3c2)cnc2c1NCCO2. The molecule has 4 aliphatic heterocycles. The molecule has 3 N–H and O–H groups in total. The minimum Gasteiger partial charge on any atom is -0.474 e. The number of likely N-dealkylation sites (tertiary alicyclic amines) is 1. The molecule has 4 aliphatic rings. The molecule has 3 saturated heterocycles. The van der Waals surface area contributed by atoms with Crippen LogP contribution in [0.4, 0.5) is 33.5 Å². The van der Waals surface area contributed by atoms with Crippen molar-refractivity contribution in [2.24, 2.45) is 5.92 Å². The largest absolute Gasteiger partial charge is 0.474 e. The van der Waals surface area contributed by atoms with E-state index in [0.29, 0.717) is 43.2 Å². The fourth-order valence-corrected chi connectivity index (χ4v) is 8.57. The number of urea groups is 1. The Labute approximate surface area is 321 Å². The van der Waals surface area contributed by atoms with Gasteiger partial charge in [0.15, 0.2) is 0 Å². The van der Waals surface area contributed by atoms with Crippen LogP contribution in [0.3, 0.4) is 0 Å². The summed E-state index contributed by atoms with van der Waals surface area (Å²) in [7, 11) is 0. The molecular formula is C43H47N9O3. The number of piperidine rings is 2. The van der Waals surface area contributed by atoms with Crippen LogP contribution in [0.5, 0.6) is 5.88 Å². The summed E-state index contributed by atoms with van der Waals surface area (Å²) in [5.41, 5.74) is 9.48. The van der Waals surface area contributed by atoms with E-state index in [0.717, 1.165) is 77.4 Å². The number of aromatic nitrogens is 3. The number of fused-ring (bicyclic) bond motifs is 2. The number of pyridine rings is 1. The Morgan fingerprint density at radius 1 is 0.855 bits per heavy atom. The van der Waals surface area contributed by atoms with Crippen LogP contribution in [-0.4, -0.2) is 84.2 Å². The molecule has 6 heterocycles. The minimum atomic E-state index is -0.340. The predicted octanol–water partition coefficient (Wildman–Crippen LogP) is 7.09. The van der Waals surface area contributed by atoms with Crippen molar-refractivity contribution in [1.82, 2.24) is 25.2 Å². The lowest BCUT2D eigenvalue weighted by molar-refractivity contribution is -0.120. The highest BCUT2D eigenvalue weighted by Gasteiger charge is 2.27. The van der Waals surface area contributed by atoms with Gasteiger partial charge in [0, 0.05) is 79.6 Å². The van der Waals surface area contributed by atoms with E-state index in [2.05, 4.69) is 97.2 Å².